The molecular weight excluding hydrogens is 136 g/mol. The van der Waals surface area contributed by atoms with Gasteiger partial charge in [0.05, 0.1) is 0 Å². The van der Waals surface area contributed by atoms with Gasteiger partial charge in [-0.3, -0.25) is 4.79 Å². The van der Waals surface area contributed by atoms with E-state index in [0.29, 0.717) is 11.7 Å². The monoisotopic (exact) mass is 152 g/mol. The normalized spacial score (nSPS) is 25.1. The molecule has 0 saturated heterocycles. The van der Waals surface area contributed by atoms with E-state index in [-0.39, 0.29) is 0 Å². The van der Waals surface area contributed by atoms with E-state index in [4.69, 9.17) is 0 Å². The highest BCUT2D eigenvalue weighted by atomic mass is 16.1. The second-order valence-electron chi connectivity index (χ2n) is 3.42. The van der Waals surface area contributed by atoms with E-state index in [2.05, 4.69) is 6.92 Å². The zero-order chi connectivity index (χ0) is 8.27. The van der Waals surface area contributed by atoms with Gasteiger partial charge in [-0.15, -0.1) is 0 Å². The standard InChI is InChI=1S/C10H16O/c1-3-4-9-6-5-8(2)7-10(9)11/h7,9H,3-6H2,1-2H3. The summed E-state index contributed by atoms with van der Waals surface area (Å²) in [6.45, 7) is 4.18. The number of hydrogen-bond donors (Lipinski definition) is 0. The Bertz CT molecular complexity index is 179. The van der Waals surface area contributed by atoms with Crippen molar-refractivity contribution in [3.63, 3.8) is 0 Å². The zero-order valence-corrected chi connectivity index (χ0v) is 7.39. The number of allylic oxidation sites excluding steroid dienone is 2. The second-order valence-corrected chi connectivity index (χ2v) is 3.42. The SMILES string of the molecule is CCCC1CCC(C)=CC1=O. The van der Waals surface area contributed by atoms with Gasteiger partial charge in [-0.1, -0.05) is 18.9 Å². The molecule has 0 saturated carbocycles. The molecule has 1 aliphatic carbocycles. The molecule has 0 spiro atoms. The van der Waals surface area contributed by atoms with Gasteiger partial charge in [0.15, 0.2) is 5.78 Å². The molecule has 1 rings (SSSR count). The fourth-order valence-electron chi connectivity index (χ4n) is 1.61. The minimum absolute atomic E-state index is 0.337. The lowest BCUT2D eigenvalue weighted by Gasteiger charge is -2.17. The average molecular weight is 152 g/mol. The molecule has 1 nitrogen and oxygen atoms in total. The molecule has 0 N–H and O–H groups in total. The highest BCUT2D eigenvalue weighted by Gasteiger charge is 2.19. The van der Waals surface area contributed by atoms with Crippen molar-refractivity contribution in [1.82, 2.24) is 0 Å². The van der Waals surface area contributed by atoms with Crippen LogP contribution in [0.25, 0.3) is 0 Å². The van der Waals surface area contributed by atoms with E-state index in [9.17, 15) is 4.79 Å². The lowest BCUT2D eigenvalue weighted by molar-refractivity contribution is -0.119. The Kier molecular flexibility index (Phi) is 2.86. The van der Waals surface area contributed by atoms with E-state index >= 15 is 0 Å². The molecule has 0 aromatic rings. The van der Waals surface area contributed by atoms with Crippen LogP contribution >= 0.6 is 0 Å². The molecule has 0 heterocycles. The first-order chi connectivity index (χ1) is 5.24. The van der Waals surface area contributed by atoms with Gasteiger partial charge in [0, 0.05) is 5.92 Å². The van der Waals surface area contributed by atoms with Crippen LogP contribution in [-0.2, 0) is 4.79 Å². The van der Waals surface area contributed by atoms with Crippen LogP contribution in [0.5, 0.6) is 0 Å². The number of carbonyl (C=O) groups is 1. The molecule has 62 valence electrons. The summed E-state index contributed by atoms with van der Waals surface area (Å²) in [7, 11) is 0. The van der Waals surface area contributed by atoms with Gasteiger partial charge in [0.25, 0.3) is 0 Å². The van der Waals surface area contributed by atoms with Gasteiger partial charge >= 0.3 is 0 Å². The van der Waals surface area contributed by atoms with Crippen LogP contribution < -0.4 is 0 Å². The summed E-state index contributed by atoms with van der Waals surface area (Å²) in [6, 6.07) is 0. The molecule has 1 heteroatoms. The maximum Gasteiger partial charge on any atom is 0.158 e. The van der Waals surface area contributed by atoms with Crippen molar-refractivity contribution < 1.29 is 4.79 Å². The number of carbonyl (C=O) groups excluding carboxylic acids is 1. The first kappa shape index (κ1) is 8.51. The van der Waals surface area contributed by atoms with Crippen LogP contribution in [0.3, 0.4) is 0 Å². The van der Waals surface area contributed by atoms with E-state index < -0.39 is 0 Å². The van der Waals surface area contributed by atoms with E-state index in [0.717, 1.165) is 25.7 Å². The van der Waals surface area contributed by atoms with Gasteiger partial charge in [-0.25, -0.2) is 0 Å². The molecule has 0 amide bonds. The first-order valence-electron chi connectivity index (χ1n) is 4.45. The zero-order valence-electron chi connectivity index (χ0n) is 7.39. The topological polar surface area (TPSA) is 17.1 Å². The molecule has 11 heavy (non-hydrogen) atoms. The summed E-state index contributed by atoms with van der Waals surface area (Å²) in [5, 5.41) is 0. The Morgan fingerprint density at radius 2 is 2.36 bits per heavy atom. The van der Waals surface area contributed by atoms with Crippen LogP contribution in [0, 0.1) is 5.92 Å². The Hall–Kier alpha value is -0.590. The summed E-state index contributed by atoms with van der Waals surface area (Å²) >= 11 is 0. The summed E-state index contributed by atoms with van der Waals surface area (Å²) in [5.41, 5.74) is 1.25. The quantitative estimate of drug-likeness (QED) is 0.594. The third-order valence-electron chi connectivity index (χ3n) is 2.32. The van der Waals surface area contributed by atoms with Crippen molar-refractivity contribution in [1.29, 1.82) is 0 Å². The maximum atomic E-state index is 11.3. The average Bonchev–Trinajstić information content (AvgIpc) is 1.95. The molecule has 0 bridgehead atoms. The lowest BCUT2D eigenvalue weighted by atomic mass is 9.86. The minimum atomic E-state index is 0.337. The van der Waals surface area contributed by atoms with Gasteiger partial charge in [0.2, 0.25) is 0 Å². The van der Waals surface area contributed by atoms with Crippen molar-refractivity contribution in [2.24, 2.45) is 5.92 Å². The molecule has 0 aromatic heterocycles. The smallest absolute Gasteiger partial charge is 0.158 e. The summed E-state index contributed by atoms with van der Waals surface area (Å²) in [4.78, 5) is 11.3. The van der Waals surface area contributed by atoms with Crippen LogP contribution in [0.1, 0.15) is 39.5 Å². The first-order valence-corrected chi connectivity index (χ1v) is 4.45. The molecule has 0 aromatic carbocycles. The largest absolute Gasteiger partial charge is 0.295 e. The van der Waals surface area contributed by atoms with E-state index in [1.165, 1.54) is 5.57 Å². The van der Waals surface area contributed by atoms with Crippen LogP contribution in [-0.4, -0.2) is 5.78 Å². The van der Waals surface area contributed by atoms with Crippen molar-refractivity contribution >= 4 is 5.78 Å². The predicted octanol–water partition coefficient (Wildman–Crippen LogP) is 2.71. The highest BCUT2D eigenvalue weighted by molar-refractivity contribution is 5.93. The lowest BCUT2D eigenvalue weighted by Crippen LogP contribution is -2.16. The van der Waals surface area contributed by atoms with Gasteiger partial charge in [-0.2, -0.15) is 0 Å². The molecular formula is C10H16O. The molecule has 1 aliphatic rings. The van der Waals surface area contributed by atoms with Crippen LogP contribution in [0.15, 0.2) is 11.6 Å². The molecule has 0 fully saturated rings. The molecule has 0 radical (unpaired) electrons. The fourth-order valence-corrected chi connectivity index (χ4v) is 1.61. The van der Waals surface area contributed by atoms with Crippen molar-refractivity contribution in [3.05, 3.63) is 11.6 Å². The number of hydrogen-bond acceptors (Lipinski definition) is 1. The summed E-state index contributed by atoms with van der Waals surface area (Å²) < 4.78 is 0. The van der Waals surface area contributed by atoms with Crippen molar-refractivity contribution in [2.75, 3.05) is 0 Å². The molecule has 0 aliphatic heterocycles. The Balaban J connectivity index is 2.54. The molecule has 1 unspecified atom stereocenters. The Morgan fingerprint density at radius 1 is 1.64 bits per heavy atom. The number of ketones is 1. The third-order valence-corrected chi connectivity index (χ3v) is 2.32. The highest BCUT2D eigenvalue weighted by Crippen LogP contribution is 2.23. The van der Waals surface area contributed by atoms with Gasteiger partial charge in [-0.05, 0) is 32.3 Å². The Labute approximate surface area is 68.5 Å². The number of rotatable bonds is 2. The molecule has 1 atom stereocenters. The van der Waals surface area contributed by atoms with Gasteiger partial charge in [0.1, 0.15) is 0 Å². The summed E-state index contributed by atoms with van der Waals surface area (Å²) in [5.74, 6) is 0.694. The van der Waals surface area contributed by atoms with Crippen LogP contribution in [0.4, 0.5) is 0 Å². The second kappa shape index (κ2) is 3.70. The van der Waals surface area contributed by atoms with E-state index in [1.807, 2.05) is 13.0 Å². The van der Waals surface area contributed by atoms with Crippen molar-refractivity contribution in [3.8, 4) is 0 Å². The minimum Gasteiger partial charge on any atom is -0.295 e. The third kappa shape index (κ3) is 2.18. The summed E-state index contributed by atoms with van der Waals surface area (Å²) in [6.07, 6.45) is 6.22. The van der Waals surface area contributed by atoms with E-state index in [1.54, 1.807) is 0 Å². The maximum absolute atomic E-state index is 11.3. The Morgan fingerprint density at radius 3 is 2.91 bits per heavy atom. The fraction of sp³-hybridized carbons (Fsp3) is 0.700. The van der Waals surface area contributed by atoms with Gasteiger partial charge < -0.3 is 0 Å². The predicted molar refractivity (Wildman–Crippen MR) is 46.4 cm³/mol. The van der Waals surface area contributed by atoms with Crippen molar-refractivity contribution in [2.45, 2.75) is 39.5 Å². The van der Waals surface area contributed by atoms with Crippen LogP contribution in [0.2, 0.25) is 0 Å².